The molecule has 1 aliphatic heterocycles. The first kappa shape index (κ1) is 21.0. The van der Waals surface area contributed by atoms with E-state index in [0.29, 0.717) is 22.7 Å². The zero-order valence-electron chi connectivity index (χ0n) is 16.5. The third-order valence-electron chi connectivity index (χ3n) is 5.18. The van der Waals surface area contributed by atoms with Gasteiger partial charge in [-0.2, -0.15) is 0 Å². The van der Waals surface area contributed by atoms with Crippen LogP contribution in [0.2, 0.25) is 0 Å². The quantitative estimate of drug-likeness (QED) is 0.613. The number of primary amides is 1. The molecule has 2 heterocycles. The fourth-order valence-corrected chi connectivity index (χ4v) is 4.18. The van der Waals surface area contributed by atoms with Gasteiger partial charge in [-0.25, -0.2) is 9.37 Å². The van der Waals surface area contributed by atoms with Crippen LogP contribution in [0.15, 0.2) is 24.3 Å². The molecule has 1 aromatic heterocycles. The molecule has 3 amide bonds. The zero-order valence-corrected chi connectivity index (χ0v) is 17.3. The molecular formula is C21H19FN4O4S. The first-order chi connectivity index (χ1) is 14.7. The maximum atomic E-state index is 13.1. The third-order valence-corrected chi connectivity index (χ3v) is 6.20. The first-order valence-electron chi connectivity index (χ1n) is 9.55. The maximum absolute atomic E-state index is 13.1. The highest BCUT2D eigenvalue weighted by molar-refractivity contribution is 7.19. The number of nitrogens with zero attached hydrogens (tertiary/aromatic N) is 2. The molecule has 10 heteroatoms. The Kier molecular flexibility index (Phi) is 5.24. The van der Waals surface area contributed by atoms with Crippen LogP contribution in [0.4, 0.5) is 9.39 Å². The summed E-state index contributed by atoms with van der Waals surface area (Å²) >= 11 is 1.04. The number of likely N-dealkylation sites (tertiary alicyclic amines) is 1. The number of aliphatic hydroxyl groups is 1. The molecule has 1 aliphatic carbocycles. The number of benzene rings is 1. The number of alkyl halides is 1. The monoisotopic (exact) mass is 442 g/mol. The largest absolute Gasteiger partial charge is 0.369 e. The number of nitrogens with one attached hydrogen (secondary N) is 1. The number of nitrogens with two attached hydrogens (primary N) is 1. The van der Waals surface area contributed by atoms with Crippen LogP contribution < -0.4 is 11.1 Å². The van der Waals surface area contributed by atoms with Crippen molar-refractivity contribution in [2.75, 3.05) is 18.9 Å². The van der Waals surface area contributed by atoms with Gasteiger partial charge in [0, 0.05) is 31.1 Å². The fraction of sp³-hybridized carbons (Fsp3) is 0.333. The van der Waals surface area contributed by atoms with Crippen LogP contribution in [0, 0.1) is 17.8 Å². The molecule has 3 atom stereocenters. The molecule has 160 valence electrons. The second-order valence-corrected chi connectivity index (χ2v) is 8.58. The predicted octanol–water partition coefficient (Wildman–Crippen LogP) is 1.15. The zero-order chi connectivity index (χ0) is 22.3. The van der Waals surface area contributed by atoms with Gasteiger partial charge in [-0.1, -0.05) is 35.3 Å². The lowest BCUT2D eigenvalue weighted by molar-refractivity contribution is -0.137. The van der Waals surface area contributed by atoms with E-state index >= 15 is 0 Å². The molecule has 1 aromatic carbocycles. The minimum absolute atomic E-state index is 0.102. The summed E-state index contributed by atoms with van der Waals surface area (Å²) in [5.74, 6) is 2.99. The Morgan fingerprint density at radius 2 is 2.19 bits per heavy atom. The van der Waals surface area contributed by atoms with Crippen LogP contribution in [-0.4, -0.2) is 58.1 Å². The molecular weight excluding hydrogens is 423 g/mol. The summed E-state index contributed by atoms with van der Waals surface area (Å²) in [6, 6.07) is 6.85. The van der Waals surface area contributed by atoms with E-state index in [4.69, 9.17) is 5.73 Å². The Morgan fingerprint density at radius 3 is 2.81 bits per heavy atom. The number of anilines is 1. The fourth-order valence-electron chi connectivity index (χ4n) is 3.21. The van der Waals surface area contributed by atoms with Crippen molar-refractivity contribution >= 4 is 34.1 Å². The van der Waals surface area contributed by atoms with Crippen molar-refractivity contribution in [2.45, 2.75) is 24.6 Å². The average Bonchev–Trinajstić information content (AvgIpc) is 3.23. The van der Waals surface area contributed by atoms with E-state index in [1.165, 1.54) is 4.90 Å². The van der Waals surface area contributed by atoms with Crippen molar-refractivity contribution in [3.05, 3.63) is 35.5 Å². The second kappa shape index (κ2) is 7.76. The molecule has 8 nitrogen and oxygen atoms in total. The first-order valence-corrected chi connectivity index (χ1v) is 10.4. The van der Waals surface area contributed by atoms with Crippen LogP contribution in [0.5, 0.6) is 0 Å². The summed E-state index contributed by atoms with van der Waals surface area (Å²) in [5, 5.41) is 13.6. The van der Waals surface area contributed by atoms with E-state index in [1.807, 2.05) is 0 Å². The van der Waals surface area contributed by atoms with Crippen LogP contribution in [-0.2, 0) is 9.59 Å². The van der Waals surface area contributed by atoms with Crippen LogP contribution >= 0.6 is 11.3 Å². The number of halogens is 1. The van der Waals surface area contributed by atoms with E-state index in [0.717, 1.165) is 11.3 Å². The molecule has 2 fully saturated rings. The Labute approximate surface area is 181 Å². The highest BCUT2D eigenvalue weighted by Crippen LogP contribution is 2.37. The van der Waals surface area contributed by atoms with E-state index in [1.54, 1.807) is 31.3 Å². The Balaban J connectivity index is 1.60. The molecule has 31 heavy (non-hydrogen) atoms. The normalized spacial score (nSPS) is 24.5. The lowest BCUT2D eigenvalue weighted by atomic mass is 10.0. The predicted molar refractivity (Wildman–Crippen MR) is 112 cm³/mol. The van der Waals surface area contributed by atoms with Gasteiger partial charge in [-0.15, -0.1) is 0 Å². The number of carbonyl (C=O) groups excluding carboxylic acids is 3. The van der Waals surface area contributed by atoms with Gasteiger partial charge < -0.3 is 21.1 Å². The summed E-state index contributed by atoms with van der Waals surface area (Å²) in [6.45, 7) is 0.428. The lowest BCUT2D eigenvalue weighted by Crippen LogP contribution is -2.37. The highest BCUT2D eigenvalue weighted by atomic mass is 32.1. The van der Waals surface area contributed by atoms with Gasteiger partial charge in [-0.3, -0.25) is 14.4 Å². The second-order valence-electron chi connectivity index (χ2n) is 7.58. The third kappa shape index (κ3) is 4.15. The smallest absolute Gasteiger partial charge is 0.270 e. The molecule has 4 N–H and O–H groups in total. The van der Waals surface area contributed by atoms with Crippen molar-refractivity contribution in [1.82, 2.24) is 9.88 Å². The minimum atomic E-state index is -1.71. The highest BCUT2D eigenvalue weighted by Gasteiger charge is 2.44. The van der Waals surface area contributed by atoms with Gasteiger partial charge >= 0.3 is 0 Å². The van der Waals surface area contributed by atoms with E-state index in [2.05, 4.69) is 22.1 Å². The van der Waals surface area contributed by atoms with Crippen molar-refractivity contribution < 1.29 is 23.9 Å². The van der Waals surface area contributed by atoms with Gasteiger partial charge in [0.15, 0.2) is 5.69 Å². The van der Waals surface area contributed by atoms with Gasteiger partial charge in [0.1, 0.15) is 16.2 Å². The van der Waals surface area contributed by atoms with Crippen molar-refractivity contribution in [3.8, 4) is 22.4 Å². The van der Waals surface area contributed by atoms with E-state index in [-0.39, 0.29) is 23.5 Å². The topological polar surface area (TPSA) is 126 Å². The van der Waals surface area contributed by atoms with Gasteiger partial charge in [0.05, 0.1) is 5.92 Å². The van der Waals surface area contributed by atoms with Crippen LogP contribution in [0.25, 0.3) is 10.6 Å². The standard InChI is InChI=1S/C21H19FN4O4S/c1-26-8-7-21(30,20(26)29)6-5-11-3-2-4-12(9-11)18-24-15(16(23)27)19(31-18)25-17(28)13-10-14(13)22/h2-4,9,13-14,30H,7-8,10H2,1H3,(H2,23,27)(H,25,28)/t13-,14-,21+/m1/s1. The molecule has 2 aromatic rings. The van der Waals surface area contributed by atoms with Gasteiger partial charge in [0.2, 0.25) is 11.5 Å². The Morgan fingerprint density at radius 1 is 1.45 bits per heavy atom. The summed E-state index contributed by atoms with van der Waals surface area (Å²) in [5.41, 5.74) is 4.71. The molecule has 0 bridgehead atoms. The number of likely N-dealkylation sites (N-methyl/N-ethyl adjacent to an activating group) is 1. The van der Waals surface area contributed by atoms with E-state index < -0.39 is 35.4 Å². The molecule has 0 spiro atoms. The summed E-state index contributed by atoms with van der Waals surface area (Å²) in [7, 11) is 1.61. The number of rotatable bonds is 4. The van der Waals surface area contributed by atoms with Crippen molar-refractivity contribution in [2.24, 2.45) is 11.7 Å². The minimum Gasteiger partial charge on any atom is -0.369 e. The Bertz CT molecular complexity index is 1150. The summed E-state index contributed by atoms with van der Waals surface area (Å²) in [6.07, 6.45) is -0.775. The summed E-state index contributed by atoms with van der Waals surface area (Å²) in [4.78, 5) is 41.5. The van der Waals surface area contributed by atoms with Crippen molar-refractivity contribution in [1.29, 1.82) is 0 Å². The molecule has 0 radical (unpaired) electrons. The van der Waals surface area contributed by atoms with Crippen LogP contribution in [0.3, 0.4) is 0 Å². The average molecular weight is 442 g/mol. The lowest BCUT2D eigenvalue weighted by Gasteiger charge is -2.13. The molecule has 1 saturated heterocycles. The number of carbonyl (C=O) groups is 3. The SMILES string of the molecule is CN1CC[C@@](O)(C#Cc2cccc(-c3nc(C(N)=O)c(NC(=O)[C@@H]4C[C@H]4F)s3)c2)C1=O. The number of aromatic nitrogens is 1. The van der Waals surface area contributed by atoms with E-state index in [9.17, 15) is 23.9 Å². The Hall–Kier alpha value is -3.29. The number of hydrogen-bond acceptors (Lipinski definition) is 6. The number of thiazole rings is 1. The maximum Gasteiger partial charge on any atom is 0.270 e. The van der Waals surface area contributed by atoms with Gasteiger partial charge in [-0.05, 0) is 18.6 Å². The molecule has 4 rings (SSSR count). The molecule has 0 unspecified atom stereocenters. The van der Waals surface area contributed by atoms with Crippen molar-refractivity contribution in [3.63, 3.8) is 0 Å². The summed E-state index contributed by atoms with van der Waals surface area (Å²) < 4.78 is 13.1. The number of amides is 3. The number of hydrogen-bond donors (Lipinski definition) is 3. The van der Waals surface area contributed by atoms with Gasteiger partial charge in [0.25, 0.3) is 11.8 Å². The van der Waals surface area contributed by atoms with Crippen LogP contribution in [0.1, 0.15) is 28.9 Å². The molecule has 1 saturated carbocycles. The molecule has 2 aliphatic rings.